The molecule has 0 aromatic heterocycles. The van der Waals surface area contributed by atoms with Gasteiger partial charge in [-0.05, 0) is 42.4 Å². The Balaban J connectivity index is 1.64. The van der Waals surface area contributed by atoms with Crippen molar-refractivity contribution < 1.29 is 9.47 Å². The van der Waals surface area contributed by atoms with Gasteiger partial charge in [0.1, 0.15) is 12.4 Å². The van der Waals surface area contributed by atoms with Gasteiger partial charge < -0.3 is 9.47 Å². The van der Waals surface area contributed by atoms with E-state index in [1.807, 2.05) is 0 Å². The van der Waals surface area contributed by atoms with Crippen molar-refractivity contribution in [3.8, 4) is 5.75 Å². The minimum Gasteiger partial charge on any atom is -0.491 e. The maximum atomic E-state index is 5.61. The number of ether oxygens (including phenoxy) is 2. The number of benzene rings is 1. The van der Waals surface area contributed by atoms with Crippen molar-refractivity contribution >= 4 is 0 Å². The lowest BCUT2D eigenvalue weighted by molar-refractivity contribution is 0.146. The summed E-state index contributed by atoms with van der Waals surface area (Å²) >= 11 is 0. The Labute approximate surface area is 142 Å². The number of hydrogen-bond donors (Lipinski definition) is 0. The molecule has 0 amide bonds. The lowest BCUT2D eigenvalue weighted by Crippen LogP contribution is -2.15. The summed E-state index contributed by atoms with van der Waals surface area (Å²) in [6, 6.07) is 8.61. The third-order valence-corrected chi connectivity index (χ3v) is 5.25. The van der Waals surface area contributed by atoms with Crippen molar-refractivity contribution in [2.45, 2.75) is 64.7 Å². The second-order valence-corrected chi connectivity index (χ2v) is 7.05. The fourth-order valence-corrected chi connectivity index (χ4v) is 3.67. The van der Waals surface area contributed by atoms with E-state index in [1.54, 1.807) is 7.11 Å². The summed E-state index contributed by atoms with van der Waals surface area (Å²) in [6.45, 7) is 3.57. The fourth-order valence-electron chi connectivity index (χ4n) is 3.67. The summed E-state index contributed by atoms with van der Waals surface area (Å²) in [7, 11) is 1.70. The molecule has 0 aliphatic heterocycles. The van der Waals surface area contributed by atoms with Crippen LogP contribution in [0.25, 0.3) is 0 Å². The highest BCUT2D eigenvalue weighted by atomic mass is 16.5. The van der Waals surface area contributed by atoms with E-state index in [9.17, 15) is 0 Å². The van der Waals surface area contributed by atoms with E-state index < -0.39 is 0 Å². The van der Waals surface area contributed by atoms with E-state index in [-0.39, 0.29) is 0 Å². The molecule has 0 spiro atoms. The second kappa shape index (κ2) is 10.7. The van der Waals surface area contributed by atoms with Crippen molar-refractivity contribution in [3.63, 3.8) is 0 Å². The van der Waals surface area contributed by atoms with Crippen LogP contribution in [0.2, 0.25) is 0 Å². The molecule has 0 heterocycles. The fraction of sp³-hybridized carbons (Fsp3) is 0.714. The standard InChI is InChI=1S/C21H34O2/c1-3-4-5-18-6-8-19(9-7-18)10-11-20-12-14-21(15-13-20)23-17-16-22-2/h12-15,18-19H,3-11,16-17H2,1-2H3/t18-,19-. The third kappa shape index (κ3) is 6.95. The van der Waals surface area contributed by atoms with Gasteiger partial charge in [-0.15, -0.1) is 0 Å². The van der Waals surface area contributed by atoms with E-state index in [0.717, 1.165) is 17.6 Å². The molecule has 23 heavy (non-hydrogen) atoms. The molecule has 1 fully saturated rings. The SMILES string of the molecule is CCCC[C@H]1CC[C@H](CCc2ccc(OCCOC)cc2)CC1. The number of methoxy groups -OCH3 is 1. The Morgan fingerprint density at radius 1 is 0.913 bits per heavy atom. The summed E-state index contributed by atoms with van der Waals surface area (Å²) in [5, 5.41) is 0. The van der Waals surface area contributed by atoms with Crippen LogP contribution >= 0.6 is 0 Å². The maximum Gasteiger partial charge on any atom is 0.119 e. The average molecular weight is 319 g/mol. The first-order valence-electron chi connectivity index (χ1n) is 9.52. The van der Waals surface area contributed by atoms with Crippen LogP contribution in [0, 0.1) is 11.8 Å². The first kappa shape index (κ1) is 18.3. The Kier molecular flexibility index (Phi) is 8.52. The van der Waals surface area contributed by atoms with Gasteiger partial charge in [0.05, 0.1) is 6.61 Å². The van der Waals surface area contributed by atoms with Crippen LogP contribution < -0.4 is 4.74 Å². The summed E-state index contributed by atoms with van der Waals surface area (Å²) in [5.41, 5.74) is 1.44. The summed E-state index contributed by atoms with van der Waals surface area (Å²) < 4.78 is 10.6. The van der Waals surface area contributed by atoms with E-state index in [1.165, 1.54) is 63.4 Å². The minimum absolute atomic E-state index is 0.622. The molecule has 1 aliphatic carbocycles. The number of aryl methyl sites for hydroxylation is 1. The highest BCUT2D eigenvalue weighted by Crippen LogP contribution is 2.34. The zero-order valence-electron chi connectivity index (χ0n) is 15.1. The molecule has 1 aromatic carbocycles. The molecular formula is C21H34O2. The number of rotatable bonds is 10. The molecule has 0 atom stereocenters. The van der Waals surface area contributed by atoms with Crippen LogP contribution in [0.15, 0.2) is 24.3 Å². The molecule has 130 valence electrons. The van der Waals surface area contributed by atoms with Crippen LogP contribution in [-0.4, -0.2) is 20.3 Å². The van der Waals surface area contributed by atoms with Gasteiger partial charge in [0.15, 0.2) is 0 Å². The molecule has 0 saturated heterocycles. The Bertz CT molecular complexity index is 404. The van der Waals surface area contributed by atoms with Gasteiger partial charge in [-0.2, -0.15) is 0 Å². The van der Waals surface area contributed by atoms with Gasteiger partial charge in [-0.1, -0.05) is 64.0 Å². The average Bonchev–Trinajstić information content (AvgIpc) is 2.60. The predicted molar refractivity (Wildman–Crippen MR) is 97.1 cm³/mol. The third-order valence-electron chi connectivity index (χ3n) is 5.25. The zero-order valence-corrected chi connectivity index (χ0v) is 15.1. The van der Waals surface area contributed by atoms with Gasteiger partial charge in [0, 0.05) is 7.11 Å². The van der Waals surface area contributed by atoms with Crippen LogP contribution in [-0.2, 0) is 11.2 Å². The molecule has 0 bridgehead atoms. The topological polar surface area (TPSA) is 18.5 Å². The lowest BCUT2D eigenvalue weighted by atomic mass is 9.78. The Hall–Kier alpha value is -1.02. The van der Waals surface area contributed by atoms with Crippen molar-refractivity contribution in [2.75, 3.05) is 20.3 Å². The van der Waals surface area contributed by atoms with Crippen LogP contribution in [0.5, 0.6) is 5.75 Å². The molecule has 1 aliphatic rings. The van der Waals surface area contributed by atoms with Crippen molar-refractivity contribution in [1.29, 1.82) is 0 Å². The Morgan fingerprint density at radius 2 is 1.57 bits per heavy atom. The van der Waals surface area contributed by atoms with Crippen molar-refractivity contribution in [3.05, 3.63) is 29.8 Å². The first-order chi connectivity index (χ1) is 11.3. The second-order valence-electron chi connectivity index (χ2n) is 7.05. The van der Waals surface area contributed by atoms with E-state index >= 15 is 0 Å². The molecule has 0 N–H and O–H groups in total. The minimum atomic E-state index is 0.622. The highest BCUT2D eigenvalue weighted by Gasteiger charge is 2.20. The monoisotopic (exact) mass is 318 g/mol. The van der Waals surface area contributed by atoms with Gasteiger partial charge in [0.2, 0.25) is 0 Å². The number of unbranched alkanes of at least 4 members (excludes halogenated alkanes) is 1. The molecule has 2 rings (SSSR count). The molecule has 1 saturated carbocycles. The maximum absolute atomic E-state index is 5.61. The van der Waals surface area contributed by atoms with Gasteiger partial charge in [-0.25, -0.2) is 0 Å². The molecule has 2 nitrogen and oxygen atoms in total. The van der Waals surface area contributed by atoms with E-state index in [0.29, 0.717) is 13.2 Å². The summed E-state index contributed by atoms with van der Waals surface area (Å²) in [5.74, 6) is 2.92. The summed E-state index contributed by atoms with van der Waals surface area (Å²) in [4.78, 5) is 0. The lowest BCUT2D eigenvalue weighted by Gasteiger charge is -2.28. The van der Waals surface area contributed by atoms with Crippen molar-refractivity contribution in [1.82, 2.24) is 0 Å². The van der Waals surface area contributed by atoms with Gasteiger partial charge in [0.25, 0.3) is 0 Å². The Morgan fingerprint density at radius 3 is 2.17 bits per heavy atom. The smallest absolute Gasteiger partial charge is 0.119 e. The molecule has 0 radical (unpaired) electrons. The van der Waals surface area contributed by atoms with Crippen LogP contribution in [0.4, 0.5) is 0 Å². The van der Waals surface area contributed by atoms with Crippen molar-refractivity contribution in [2.24, 2.45) is 11.8 Å². The molecule has 1 aromatic rings. The van der Waals surface area contributed by atoms with E-state index in [4.69, 9.17) is 9.47 Å². The normalized spacial score (nSPS) is 21.3. The highest BCUT2D eigenvalue weighted by molar-refractivity contribution is 5.27. The first-order valence-corrected chi connectivity index (χ1v) is 9.52. The van der Waals surface area contributed by atoms with Gasteiger partial charge >= 0.3 is 0 Å². The number of hydrogen-bond acceptors (Lipinski definition) is 2. The van der Waals surface area contributed by atoms with Gasteiger partial charge in [-0.3, -0.25) is 0 Å². The molecule has 0 unspecified atom stereocenters. The molecular weight excluding hydrogens is 284 g/mol. The zero-order chi connectivity index (χ0) is 16.3. The quantitative estimate of drug-likeness (QED) is 0.520. The largest absolute Gasteiger partial charge is 0.491 e. The van der Waals surface area contributed by atoms with E-state index in [2.05, 4.69) is 31.2 Å². The van der Waals surface area contributed by atoms with Crippen LogP contribution in [0.3, 0.4) is 0 Å². The van der Waals surface area contributed by atoms with Crippen LogP contribution in [0.1, 0.15) is 63.9 Å². The molecule has 2 heteroatoms. The summed E-state index contributed by atoms with van der Waals surface area (Å²) in [6.07, 6.45) is 12.6. The predicted octanol–water partition coefficient (Wildman–Crippen LogP) is 5.64.